The Balaban J connectivity index is 2.71. The van der Waals surface area contributed by atoms with Crippen LogP contribution in [-0.4, -0.2) is 19.2 Å². The summed E-state index contributed by atoms with van der Waals surface area (Å²) in [6.07, 6.45) is 1.79. The number of methoxy groups -OCH3 is 2. The van der Waals surface area contributed by atoms with Crippen LogP contribution in [0.25, 0.3) is 16.3 Å². The third-order valence-electron chi connectivity index (χ3n) is 2.10. The molecule has 0 saturated carbocycles. The molecule has 0 unspecified atom stereocenters. The summed E-state index contributed by atoms with van der Waals surface area (Å²) in [4.78, 5) is 4.32. The molecule has 3 nitrogen and oxygen atoms in total. The van der Waals surface area contributed by atoms with Crippen molar-refractivity contribution < 1.29 is 9.47 Å². The Morgan fingerprint density at radius 3 is 2.73 bits per heavy atom. The summed E-state index contributed by atoms with van der Waals surface area (Å²) in [5.74, 6) is 0.783. The minimum Gasteiger partial charge on any atom is -0.497 e. The zero-order chi connectivity index (χ0) is 10.8. The number of fused-ring (bicyclic) bond motifs is 1. The van der Waals surface area contributed by atoms with Gasteiger partial charge in [-0.25, -0.2) is 4.98 Å². The van der Waals surface area contributed by atoms with Crippen LogP contribution < -0.4 is 9.47 Å². The van der Waals surface area contributed by atoms with Crippen molar-refractivity contribution in [1.82, 2.24) is 4.98 Å². The first kappa shape index (κ1) is 9.98. The maximum atomic E-state index is 5.18. The molecule has 0 aliphatic rings. The molecule has 0 radical (unpaired) electrons. The summed E-state index contributed by atoms with van der Waals surface area (Å²) in [6.45, 7) is 3.77. The summed E-state index contributed by atoms with van der Waals surface area (Å²) in [5, 5.41) is 0.654. The van der Waals surface area contributed by atoms with Gasteiger partial charge in [0.2, 0.25) is 0 Å². The number of ether oxygens (including phenoxy) is 2. The van der Waals surface area contributed by atoms with Gasteiger partial charge in [0.15, 0.2) is 0 Å². The van der Waals surface area contributed by atoms with Gasteiger partial charge >= 0.3 is 0 Å². The van der Waals surface area contributed by atoms with Crippen molar-refractivity contribution in [3.63, 3.8) is 0 Å². The average molecular weight is 221 g/mol. The number of hydrogen-bond donors (Lipinski definition) is 0. The Morgan fingerprint density at radius 2 is 2.13 bits per heavy atom. The Kier molecular flexibility index (Phi) is 2.60. The maximum Gasteiger partial charge on any atom is 0.274 e. The van der Waals surface area contributed by atoms with E-state index < -0.39 is 0 Å². The van der Waals surface area contributed by atoms with Crippen LogP contribution in [0.4, 0.5) is 0 Å². The monoisotopic (exact) mass is 221 g/mol. The molecule has 0 N–H and O–H groups in total. The van der Waals surface area contributed by atoms with Gasteiger partial charge in [-0.05, 0) is 11.6 Å². The van der Waals surface area contributed by atoms with E-state index in [0.29, 0.717) is 5.19 Å². The summed E-state index contributed by atoms with van der Waals surface area (Å²) in [6, 6.07) is 3.83. The first-order chi connectivity index (χ1) is 7.28. The molecular weight excluding hydrogens is 210 g/mol. The van der Waals surface area contributed by atoms with E-state index in [1.807, 2.05) is 12.1 Å². The number of benzene rings is 1. The van der Waals surface area contributed by atoms with Crippen molar-refractivity contribution in [1.29, 1.82) is 0 Å². The Morgan fingerprint density at radius 1 is 1.33 bits per heavy atom. The maximum absolute atomic E-state index is 5.18. The zero-order valence-corrected chi connectivity index (χ0v) is 9.43. The van der Waals surface area contributed by atoms with Gasteiger partial charge in [-0.3, -0.25) is 0 Å². The highest BCUT2D eigenvalue weighted by Crippen LogP contribution is 2.33. The molecule has 2 aromatic rings. The highest BCUT2D eigenvalue weighted by molar-refractivity contribution is 7.20. The van der Waals surface area contributed by atoms with Crippen LogP contribution >= 0.6 is 11.3 Å². The second-order valence-corrected chi connectivity index (χ2v) is 3.91. The van der Waals surface area contributed by atoms with Crippen molar-refractivity contribution in [3.8, 4) is 10.9 Å². The predicted octanol–water partition coefficient (Wildman–Crippen LogP) is 2.96. The van der Waals surface area contributed by atoms with Crippen molar-refractivity contribution in [2.45, 2.75) is 0 Å². The normalized spacial score (nSPS) is 10.3. The summed E-state index contributed by atoms with van der Waals surface area (Å²) < 4.78 is 11.4. The van der Waals surface area contributed by atoms with Gasteiger partial charge in [-0.15, -0.1) is 0 Å². The van der Waals surface area contributed by atoms with Crippen molar-refractivity contribution in [3.05, 3.63) is 24.3 Å². The van der Waals surface area contributed by atoms with Crippen LogP contribution in [-0.2, 0) is 0 Å². The number of rotatable bonds is 3. The van der Waals surface area contributed by atoms with Crippen LogP contribution in [0.2, 0.25) is 0 Å². The third kappa shape index (κ3) is 1.68. The van der Waals surface area contributed by atoms with Crippen molar-refractivity contribution >= 4 is 27.6 Å². The van der Waals surface area contributed by atoms with Crippen molar-refractivity contribution in [2.24, 2.45) is 0 Å². The van der Waals surface area contributed by atoms with Crippen LogP contribution in [0.5, 0.6) is 10.9 Å². The Bertz CT molecular complexity index is 505. The van der Waals surface area contributed by atoms with E-state index in [1.54, 1.807) is 20.3 Å². The standard InChI is InChI=1S/C11H11NO2S/c1-4-7-5-8(13-2)6-9-10(7)15-11(12-9)14-3/h4-6H,1H2,2-3H3. The van der Waals surface area contributed by atoms with Crippen LogP contribution in [0.15, 0.2) is 18.7 Å². The molecule has 0 spiro atoms. The summed E-state index contributed by atoms with van der Waals surface area (Å²) in [7, 11) is 3.25. The molecule has 2 rings (SSSR count). The highest BCUT2D eigenvalue weighted by atomic mass is 32.1. The lowest BCUT2D eigenvalue weighted by Crippen LogP contribution is -1.84. The van der Waals surface area contributed by atoms with E-state index in [4.69, 9.17) is 9.47 Å². The highest BCUT2D eigenvalue weighted by Gasteiger charge is 2.08. The number of thiazole rings is 1. The molecule has 0 fully saturated rings. The number of nitrogens with zero attached hydrogens (tertiary/aromatic N) is 1. The predicted molar refractivity (Wildman–Crippen MR) is 62.8 cm³/mol. The molecule has 15 heavy (non-hydrogen) atoms. The molecule has 0 amide bonds. The van der Waals surface area contributed by atoms with E-state index in [0.717, 1.165) is 21.5 Å². The zero-order valence-electron chi connectivity index (χ0n) is 8.61. The second kappa shape index (κ2) is 3.90. The van der Waals surface area contributed by atoms with Gasteiger partial charge in [0.1, 0.15) is 5.75 Å². The van der Waals surface area contributed by atoms with Gasteiger partial charge in [-0.2, -0.15) is 0 Å². The lowest BCUT2D eigenvalue weighted by Gasteiger charge is -2.01. The molecular formula is C11H11NO2S. The van der Waals surface area contributed by atoms with Gasteiger partial charge in [0.25, 0.3) is 5.19 Å². The van der Waals surface area contributed by atoms with E-state index in [1.165, 1.54) is 11.3 Å². The largest absolute Gasteiger partial charge is 0.497 e. The minimum absolute atomic E-state index is 0.654. The fraction of sp³-hybridized carbons (Fsp3) is 0.182. The molecule has 1 aromatic carbocycles. The quantitative estimate of drug-likeness (QED) is 0.798. The fourth-order valence-corrected chi connectivity index (χ4v) is 2.24. The lowest BCUT2D eigenvalue weighted by molar-refractivity contribution is 0.412. The van der Waals surface area contributed by atoms with E-state index in [2.05, 4.69) is 11.6 Å². The minimum atomic E-state index is 0.654. The molecule has 1 aromatic heterocycles. The molecule has 0 bridgehead atoms. The lowest BCUT2D eigenvalue weighted by atomic mass is 10.2. The van der Waals surface area contributed by atoms with Crippen molar-refractivity contribution in [2.75, 3.05) is 14.2 Å². The molecule has 0 saturated heterocycles. The van der Waals surface area contributed by atoms with Crippen LogP contribution in [0, 0.1) is 0 Å². The molecule has 0 atom stereocenters. The summed E-state index contributed by atoms with van der Waals surface area (Å²) in [5.41, 5.74) is 1.90. The topological polar surface area (TPSA) is 31.4 Å². The average Bonchev–Trinajstić information content (AvgIpc) is 2.70. The molecule has 0 aliphatic carbocycles. The Labute approximate surface area is 92.0 Å². The van der Waals surface area contributed by atoms with Gasteiger partial charge < -0.3 is 9.47 Å². The smallest absolute Gasteiger partial charge is 0.274 e. The Hall–Kier alpha value is -1.55. The molecule has 1 heterocycles. The van der Waals surface area contributed by atoms with Crippen LogP contribution in [0.3, 0.4) is 0 Å². The first-order valence-electron chi connectivity index (χ1n) is 4.43. The molecule has 4 heteroatoms. The second-order valence-electron chi connectivity index (χ2n) is 2.95. The number of aromatic nitrogens is 1. The van der Waals surface area contributed by atoms with Gasteiger partial charge in [0.05, 0.1) is 24.4 Å². The molecule has 0 aliphatic heterocycles. The third-order valence-corrected chi connectivity index (χ3v) is 3.18. The SMILES string of the molecule is C=Cc1cc(OC)cc2nc(OC)sc12. The fourth-order valence-electron chi connectivity index (χ4n) is 1.37. The number of hydrogen-bond acceptors (Lipinski definition) is 4. The van der Waals surface area contributed by atoms with Crippen LogP contribution in [0.1, 0.15) is 5.56 Å². The van der Waals surface area contributed by atoms with Gasteiger partial charge in [0, 0.05) is 6.07 Å². The van der Waals surface area contributed by atoms with E-state index >= 15 is 0 Å². The van der Waals surface area contributed by atoms with E-state index in [-0.39, 0.29) is 0 Å². The summed E-state index contributed by atoms with van der Waals surface area (Å²) >= 11 is 1.51. The van der Waals surface area contributed by atoms with Gasteiger partial charge in [-0.1, -0.05) is 24.0 Å². The first-order valence-corrected chi connectivity index (χ1v) is 5.25. The van der Waals surface area contributed by atoms with E-state index in [9.17, 15) is 0 Å². The molecule has 78 valence electrons.